The number of methoxy groups -OCH3 is 1. The molecule has 128 valence electrons. The summed E-state index contributed by atoms with van der Waals surface area (Å²) in [4.78, 5) is 22.6. The maximum Gasteiger partial charge on any atom is 0.306 e. The molecule has 0 unspecified atom stereocenters. The normalized spacial score (nSPS) is 11.2. The van der Waals surface area contributed by atoms with Crippen molar-refractivity contribution in [2.75, 3.05) is 33.1 Å². The number of nitrogens with zero attached hydrogens (tertiary/aromatic N) is 1. The lowest BCUT2D eigenvalue weighted by Crippen LogP contribution is -2.24. The fourth-order valence-corrected chi connectivity index (χ4v) is 2.67. The van der Waals surface area contributed by atoms with E-state index in [2.05, 4.69) is 5.32 Å². The Morgan fingerprint density at radius 3 is 2.43 bits per heavy atom. The van der Waals surface area contributed by atoms with Crippen LogP contribution in [0.5, 0.6) is 5.75 Å². The molecule has 0 bridgehead atoms. The summed E-state index contributed by atoms with van der Waals surface area (Å²) in [6.45, 7) is 1.18. The molecule has 0 heterocycles. The largest absolute Gasteiger partial charge is 0.495 e. The summed E-state index contributed by atoms with van der Waals surface area (Å²) in [5.74, 6) is -0.898. The number of ether oxygens (including phenoxy) is 2. The molecule has 0 saturated heterocycles. The fourth-order valence-electron chi connectivity index (χ4n) is 1.60. The molecule has 1 aromatic carbocycles. The lowest BCUT2D eigenvalue weighted by Gasteiger charge is -2.16. The van der Waals surface area contributed by atoms with Crippen molar-refractivity contribution in [1.29, 1.82) is 0 Å². The Balaban J connectivity index is 2.99. The smallest absolute Gasteiger partial charge is 0.306 e. The third-order valence-corrected chi connectivity index (χ3v) is 4.70. The van der Waals surface area contributed by atoms with Gasteiger partial charge in [-0.1, -0.05) is 6.92 Å². The second-order valence-corrected chi connectivity index (χ2v) is 6.84. The fraction of sp³-hybridized carbons (Fsp3) is 0.429. The molecule has 1 amide bonds. The zero-order chi connectivity index (χ0) is 17.6. The summed E-state index contributed by atoms with van der Waals surface area (Å²) in [5, 5.41) is 2.47. The molecule has 1 rings (SSSR count). The molecule has 0 spiro atoms. The van der Waals surface area contributed by atoms with Crippen LogP contribution in [0.4, 0.5) is 5.69 Å². The maximum absolute atomic E-state index is 12.3. The summed E-state index contributed by atoms with van der Waals surface area (Å²) in [6.07, 6.45) is 0.168. The summed E-state index contributed by atoms with van der Waals surface area (Å²) in [5.41, 5.74) is 0.253. The number of rotatable bonds is 7. The molecule has 0 atom stereocenters. The molecule has 9 heteroatoms. The Hall–Kier alpha value is -2.13. The summed E-state index contributed by atoms with van der Waals surface area (Å²) < 4.78 is 35.3. The van der Waals surface area contributed by atoms with Gasteiger partial charge in [0.1, 0.15) is 10.6 Å². The molecule has 1 aromatic rings. The average molecular weight is 344 g/mol. The quantitative estimate of drug-likeness (QED) is 0.735. The minimum Gasteiger partial charge on any atom is -0.495 e. The number of amides is 1. The number of esters is 1. The summed E-state index contributed by atoms with van der Waals surface area (Å²) in [7, 11) is 0.404. The average Bonchev–Trinajstić information content (AvgIpc) is 2.52. The van der Waals surface area contributed by atoms with Gasteiger partial charge in [-0.25, -0.2) is 12.7 Å². The van der Waals surface area contributed by atoms with E-state index in [4.69, 9.17) is 9.47 Å². The molecule has 8 nitrogen and oxygen atoms in total. The molecule has 0 aliphatic carbocycles. The number of benzene rings is 1. The highest BCUT2D eigenvalue weighted by atomic mass is 32.2. The highest BCUT2D eigenvalue weighted by molar-refractivity contribution is 7.89. The molecular weight excluding hydrogens is 324 g/mol. The molecule has 1 N–H and O–H groups in total. The molecule has 0 radical (unpaired) electrons. The highest BCUT2D eigenvalue weighted by Gasteiger charge is 2.23. The second-order valence-electron chi connectivity index (χ2n) is 4.72. The first-order valence-electron chi connectivity index (χ1n) is 6.78. The van der Waals surface area contributed by atoms with E-state index in [-0.39, 0.29) is 22.8 Å². The number of sulfonamides is 1. The van der Waals surface area contributed by atoms with Gasteiger partial charge >= 0.3 is 5.97 Å². The Morgan fingerprint density at radius 1 is 1.26 bits per heavy atom. The van der Waals surface area contributed by atoms with Crippen molar-refractivity contribution in [3.8, 4) is 5.75 Å². The summed E-state index contributed by atoms with van der Waals surface area (Å²) >= 11 is 0. The van der Waals surface area contributed by atoms with Crippen molar-refractivity contribution in [3.63, 3.8) is 0 Å². The molecule has 23 heavy (non-hydrogen) atoms. The predicted molar refractivity (Wildman–Crippen MR) is 83.7 cm³/mol. The first kappa shape index (κ1) is 18.9. The number of carbonyl (C=O) groups excluding carboxylic acids is 2. The van der Waals surface area contributed by atoms with E-state index in [1.165, 1.54) is 39.4 Å². The lowest BCUT2D eigenvalue weighted by atomic mass is 10.3. The van der Waals surface area contributed by atoms with Crippen molar-refractivity contribution in [2.24, 2.45) is 0 Å². The van der Waals surface area contributed by atoms with Gasteiger partial charge in [-0.15, -0.1) is 0 Å². The van der Waals surface area contributed by atoms with Crippen molar-refractivity contribution in [3.05, 3.63) is 18.2 Å². The SMILES string of the molecule is CCC(=O)OCC(=O)Nc1ccc(OC)c(S(=O)(=O)N(C)C)c1. The molecule has 0 fully saturated rings. The Bertz CT molecular complexity index is 685. The van der Waals surface area contributed by atoms with E-state index in [0.717, 1.165) is 4.31 Å². The first-order chi connectivity index (χ1) is 10.7. The number of hydrogen-bond acceptors (Lipinski definition) is 6. The number of nitrogens with one attached hydrogen (secondary N) is 1. The third-order valence-electron chi connectivity index (χ3n) is 2.86. The first-order valence-corrected chi connectivity index (χ1v) is 8.22. The van der Waals surface area contributed by atoms with Gasteiger partial charge < -0.3 is 14.8 Å². The standard InChI is InChI=1S/C14H20N2O6S/c1-5-14(18)22-9-13(17)15-10-6-7-11(21-4)12(8-10)23(19,20)16(2)3/h6-8H,5,9H2,1-4H3,(H,15,17). The molecule has 0 saturated carbocycles. The van der Waals surface area contributed by atoms with Crippen molar-refractivity contribution in [2.45, 2.75) is 18.2 Å². The Morgan fingerprint density at radius 2 is 1.91 bits per heavy atom. The number of anilines is 1. The van der Waals surface area contributed by atoms with Crippen molar-refractivity contribution >= 4 is 27.6 Å². The van der Waals surface area contributed by atoms with Crippen LogP contribution < -0.4 is 10.1 Å². The van der Waals surface area contributed by atoms with E-state index in [0.29, 0.717) is 0 Å². The van der Waals surface area contributed by atoms with E-state index in [1.807, 2.05) is 0 Å². The van der Waals surface area contributed by atoms with E-state index in [9.17, 15) is 18.0 Å². The van der Waals surface area contributed by atoms with Gasteiger partial charge in [0.05, 0.1) is 7.11 Å². The number of hydrogen-bond donors (Lipinski definition) is 1. The number of carbonyl (C=O) groups is 2. The van der Waals surface area contributed by atoms with Gasteiger partial charge in [-0.3, -0.25) is 9.59 Å². The van der Waals surface area contributed by atoms with Crippen LogP contribution in [0, 0.1) is 0 Å². The minimum atomic E-state index is -3.74. The minimum absolute atomic E-state index is 0.0756. The summed E-state index contributed by atoms with van der Waals surface area (Å²) in [6, 6.07) is 4.21. The molecular formula is C14H20N2O6S. The van der Waals surface area contributed by atoms with Gasteiger partial charge in [-0.05, 0) is 18.2 Å². The Labute approximate surface area is 135 Å². The van der Waals surface area contributed by atoms with Gasteiger partial charge in [-0.2, -0.15) is 0 Å². The van der Waals surface area contributed by atoms with Crippen LogP contribution >= 0.6 is 0 Å². The highest BCUT2D eigenvalue weighted by Crippen LogP contribution is 2.28. The topological polar surface area (TPSA) is 102 Å². The third kappa shape index (κ3) is 4.93. The van der Waals surface area contributed by atoms with Gasteiger partial charge in [0.25, 0.3) is 5.91 Å². The van der Waals surface area contributed by atoms with Crippen LogP contribution in [0.15, 0.2) is 23.1 Å². The van der Waals surface area contributed by atoms with Crippen LogP contribution in [0.3, 0.4) is 0 Å². The van der Waals surface area contributed by atoms with Crippen molar-refractivity contribution in [1.82, 2.24) is 4.31 Å². The molecule has 0 aromatic heterocycles. The Kier molecular flexibility index (Phi) is 6.52. The van der Waals surface area contributed by atoms with Crippen LogP contribution in [0.1, 0.15) is 13.3 Å². The predicted octanol–water partition coefficient (Wildman–Crippen LogP) is 0.837. The zero-order valence-electron chi connectivity index (χ0n) is 13.5. The van der Waals surface area contributed by atoms with Crippen LogP contribution in [-0.4, -0.2) is 52.4 Å². The molecule has 0 aliphatic heterocycles. The zero-order valence-corrected chi connectivity index (χ0v) is 14.3. The van der Waals surface area contributed by atoms with Crippen LogP contribution in [-0.2, 0) is 24.3 Å². The monoisotopic (exact) mass is 344 g/mol. The lowest BCUT2D eigenvalue weighted by molar-refractivity contribution is -0.146. The van der Waals surface area contributed by atoms with E-state index < -0.39 is 28.5 Å². The van der Waals surface area contributed by atoms with Gasteiger partial charge in [0.2, 0.25) is 10.0 Å². The van der Waals surface area contributed by atoms with Gasteiger partial charge in [0, 0.05) is 26.2 Å². The molecule has 0 aliphatic rings. The van der Waals surface area contributed by atoms with Gasteiger partial charge in [0.15, 0.2) is 6.61 Å². The second kappa shape index (κ2) is 7.93. The van der Waals surface area contributed by atoms with Crippen LogP contribution in [0.2, 0.25) is 0 Å². The van der Waals surface area contributed by atoms with Crippen molar-refractivity contribution < 1.29 is 27.5 Å². The maximum atomic E-state index is 12.3. The van der Waals surface area contributed by atoms with E-state index in [1.54, 1.807) is 6.92 Å². The van der Waals surface area contributed by atoms with Crippen LogP contribution in [0.25, 0.3) is 0 Å². The van der Waals surface area contributed by atoms with E-state index >= 15 is 0 Å².